The van der Waals surface area contributed by atoms with Gasteiger partial charge in [-0.3, -0.25) is 4.98 Å². The van der Waals surface area contributed by atoms with Gasteiger partial charge in [-0.05, 0) is 43.3 Å². The smallest absolute Gasteiger partial charge is 0.273 e. The highest BCUT2D eigenvalue weighted by Crippen LogP contribution is 2.13. The molecule has 0 atom stereocenters. The molecule has 20 heavy (non-hydrogen) atoms. The molecule has 108 valence electrons. The molecule has 0 aliphatic heterocycles. The largest absolute Gasteiger partial charge is 0.447 e. The number of aromatic nitrogens is 1. The van der Waals surface area contributed by atoms with Crippen molar-refractivity contribution in [3.8, 4) is 0 Å². The predicted octanol–water partition coefficient (Wildman–Crippen LogP) is 1.18. The first-order valence-electron chi connectivity index (χ1n) is 6.15. The van der Waals surface area contributed by atoms with Gasteiger partial charge in [-0.1, -0.05) is 0 Å². The molecule has 0 fully saturated rings. The molecule has 2 rings (SSSR count). The number of hydrogen-bond acceptors (Lipinski definition) is 5. The van der Waals surface area contributed by atoms with Gasteiger partial charge in [0, 0.05) is 18.9 Å². The van der Waals surface area contributed by atoms with Crippen LogP contribution in [0.5, 0.6) is 0 Å². The maximum Gasteiger partial charge on any atom is 0.273 e. The van der Waals surface area contributed by atoms with Crippen molar-refractivity contribution in [2.45, 2.75) is 25.1 Å². The quantitative estimate of drug-likeness (QED) is 0.836. The van der Waals surface area contributed by atoms with E-state index in [4.69, 9.17) is 4.42 Å². The maximum absolute atomic E-state index is 11.5. The zero-order valence-corrected chi connectivity index (χ0v) is 12.2. The van der Waals surface area contributed by atoms with Gasteiger partial charge in [-0.25, -0.2) is 13.1 Å². The number of nitrogens with one attached hydrogen (secondary N) is 2. The summed E-state index contributed by atoms with van der Waals surface area (Å²) in [7, 11) is -2.17. The van der Waals surface area contributed by atoms with Crippen LogP contribution in [0.1, 0.15) is 16.9 Å². The van der Waals surface area contributed by atoms with Gasteiger partial charge in [-0.15, -0.1) is 0 Å². The van der Waals surface area contributed by atoms with Crippen molar-refractivity contribution in [3.63, 3.8) is 0 Å². The van der Waals surface area contributed by atoms with Crippen LogP contribution in [-0.4, -0.2) is 20.4 Å². The van der Waals surface area contributed by atoms with Crippen LogP contribution in [0, 0.1) is 6.92 Å². The minimum atomic E-state index is -3.52. The van der Waals surface area contributed by atoms with Gasteiger partial charge in [0.2, 0.25) is 5.09 Å². The number of sulfonamides is 1. The molecule has 0 bridgehead atoms. The number of rotatable bonds is 6. The summed E-state index contributed by atoms with van der Waals surface area (Å²) in [6, 6.07) is 5.03. The van der Waals surface area contributed by atoms with E-state index in [2.05, 4.69) is 15.0 Å². The second-order valence-corrected chi connectivity index (χ2v) is 6.15. The van der Waals surface area contributed by atoms with Crippen LogP contribution < -0.4 is 10.0 Å². The standard InChI is InChI=1S/C13H17N3O3S/c1-10-5-6-15-7-11(10)8-16-9-12-3-4-13(19-12)20(17,18)14-2/h3-7,14,16H,8-9H2,1-2H3. The average Bonchev–Trinajstić information content (AvgIpc) is 2.90. The number of furan rings is 1. The van der Waals surface area contributed by atoms with E-state index in [0.29, 0.717) is 18.8 Å². The van der Waals surface area contributed by atoms with Crippen LogP contribution in [0.2, 0.25) is 0 Å². The topological polar surface area (TPSA) is 84.2 Å². The highest BCUT2D eigenvalue weighted by Gasteiger charge is 2.15. The monoisotopic (exact) mass is 295 g/mol. The van der Waals surface area contributed by atoms with Gasteiger partial charge in [0.25, 0.3) is 10.0 Å². The fraction of sp³-hybridized carbons (Fsp3) is 0.308. The predicted molar refractivity (Wildman–Crippen MR) is 74.5 cm³/mol. The zero-order valence-electron chi connectivity index (χ0n) is 11.4. The Labute approximate surface area is 118 Å². The third-order valence-electron chi connectivity index (χ3n) is 2.93. The molecular weight excluding hydrogens is 278 g/mol. The van der Waals surface area contributed by atoms with Crippen LogP contribution in [0.3, 0.4) is 0 Å². The second kappa shape index (κ2) is 6.17. The minimum absolute atomic E-state index is 0.0747. The molecule has 0 saturated heterocycles. The first kappa shape index (κ1) is 14.7. The van der Waals surface area contributed by atoms with E-state index >= 15 is 0 Å². The normalized spacial score (nSPS) is 11.7. The van der Waals surface area contributed by atoms with Crippen molar-refractivity contribution in [3.05, 3.63) is 47.5 Å². The van der Waals surface area contributed by atoms with Crippen LogP contribution >= 0.6 is 0 Å². The molecule has 0 spiro atoms. The Balaban J connectivity index is 1.94. The molecule has 2 N–H and O–H groups in total. The number of hydrogen-bond donors (Lipinski definition) is 2. The van der Waals surface area contributed by atoms with Crippen molar-refractivity contribution >= 4 is 10.0 Å². The van der Waals surface area contributed by atoms with Gasteiger partial charge in [-0.2, -0.15) is 0 Å². The summed E-state index contributed by atoms with van der Waals surface area (Å²) in [6.45, 7) is 3.12. The highest BCUT2D eigenvalue weighted by molar-refractivity contribution is 7.89. The lowest BCUT2D eigenvalue weighted by Gasteiger charge is -2.05. The van der Waals surface area contributed by atoms with Gasteiger partial charge in [0.15, 0.2) is 0 Å². The Hall–Kier alpha value is -1.70. The van der Waals surface area contributed by atoms with E-state index in [9.17, 15) is 8.42 Å². The number of pyridine rings is 1. The van der Waals surface area contributed by atoms with Crippen LogP contribution in [-0.2, 0) is 23.1 Å². The zero-order chi connectivity index (χ0) is 14.6. The van der Waals surface area contributed by atoms with Crippen molar-refractivity contribution < 1.29 is 12.8 Å². The SMILES string of the molecule is CNS(=O)(=O)c1ccc(CNCc2cnccc2C)o1. The van der Waals surface area contributed by atoms with Gasteiger partial charge < -0.3 is 9.73 Å². The third kappa shape index (κ3) is 3.44. The second-order valence-electron chi connectivity index (χ2n) is 4.33. The van der Waals surface area contributed by atoms with E-state index in [1.807, 2.05) is 13.0 Å². The summed E-state index contributed by atoms with van der Waals surface area (Å²) in [6.07, 6.45) is 3.56. The molecule has 6 nitrogen and oxygen atoms in total. The molecule has 2 aromatic rings. The molecule has 0 aromatic carbocycles. The number of nitrogens with zero attached hydrogens (tertiary/aromatic N) is 1. The van der Waals surface area contributed by atoms with E-state index in [1.54, 1.807) is 18.5 Å². The van der Waals surface area contributed by atoms with Crippen molar-refractivity contribution in [2.24, 2.45) is 0 Å². The highest BCUT2D eigenvalue weighted by atomic mass is 32.2. The van der Waals surface area contributed by atoms with Gasteiger partial charge >= 0.3 is 0 Å². The molecule has 0 aliphatic carbocycles. The Morgan fingerprint density at radius 1 is 1.25 bits per heavy atom. The Morgan fingerprint density at radius 2 is 2.05 bits per heavy atom. The van der Waals surface area contributed by atoms with Crippen LogP contribution in [0.15, 0.2) is 40.1 Å². The lowest BCUT2D eigenvalue weighted by atomic mass is 10.1. The van der Waals surface area contributed by atoms with E-state index in [0.717, 1.165) is 11.1 Å². The molecule has 0 aliphatic rings. The molecule has 0 amide bonds. The van der Waals surface area contributed by atoms with Crippen molar-refractivity contribution in [1.29, 1.82) is 0 Å². The van der Waals surface area contributed by atoms with Gasteiger partial charge in [0.05, 0.1) is 6.54 Å². The van der Waals surface area contributed by atoms with Crippen molar-refractivity contribution in [2.75, 3.05) is 7.05 Å². The summed E-state index contributed by atoms with van der Waals surface area (Å²) >= 11 is 0. The third-order valence-corrected chi connectivity index (χ3v) is 4.22. The average molecular weight is 295 g/mol. The summed E-state index contributed by atoms with van der Waals surface area (Å²) in [5.74, 6) is 0.570. The van der Waals surface area contributed by atoms with E-state index in [-0.39, 0.29) is 5.09 Å². The Bertz CT molecular complexity index is 680. The van der Waals surface area contributed by atoms with Crippen LogP contribution in [0.4, 0.5) is 0 Å². The maximum atomic E-state index is 11.5. The molecule has 0 unspecified atom stereocenters. The first-order valence-corrected chi connectivity index (χ1v) is 7.63. The summed E-state index contributed by atoms with van der Waals surface area (Å²) < 4.78 is 30.5. The minimum Gasteiger partial charge on any atom is -0.447 e. The Morgan fingerprint density at radius 3 is 2.75 bits per heavy atom. The molecule has 7 heteroatoms. The van der Waals surface area contributed by atoms with Crippen molar-refractivity contribution in [1.82, 2.24) is 15.0 Å². The lowest BCUT2D eigenvalue weighted by Crippen LogP contribution is -2.18. The summed E-state index contributed by atoms with van der Waals surface area (Å²) in [4.78, 5) is 4.07. The van der Waals surface area contributed by atoms with Gasteiger partial charge in [0.1, 0.15) is 5.76 Å². The first-order chi connectivity index (χ1) is 9.53. The molecular formula is C13H17N3O3S. The van der Waals surface area contributed by atoms with E-state index in [1.165, 1.54) is 13.1 Å². The molecule has 0 radical (unpaired) electrons. The number of aryl methyl sites for hydroxylation is 1. The van der Waals surface area contributed by atoms with Crippen LogP contribution in [0.25, 0.3) is 0 Å². The fourth-order valence-electron chi connectivity index (χ4n) is 1.70. The van der Waals surface area contributed by atoms with E-state index < -0.39 is 10.0 Å². The lowest BCUT2D eigenvalue weighted by molar-refractivity contribution is 0.400. The molecule has 0 saturated carbocycles. The summed E-state index contributed by atoms with van der Waals surface area (Å²) in [5, 5.41) is 3.12. The molecule has 2 heterocycles. The Kier molecular flexibility index (Phi) is 4.53. The fourth-order valence-corrected chi connectivity index (χ4v) is 2.37. The summed E-state index contributed by atoms with van der Waals surface area (Å²) in [5.41, 5.74) is 2.26. The molecule has 2 aromatic heterocycles.